The van der Waals surface area contributed by atoms with Gasteiger partial charge in [0.15, 0.2) is 11.6 Å². The van der Waals surface area contributed by atoms with E-state index in [0.717, 1.165) is 25.7 Å². The minimum Gasteiger partial charge on any atom is -0.494 e. The summed E-state index contributed by atoms with van der Waals surface area (Å²) >= 11 is 0. The molecule has 1 aromatic carbocycles. The fourth-order valence-corrected chi connectivity index (χ4v) is 3.15. The maximum Gasteiger partial charge on any atom is 0.165 e. The normalized spacial score (nSPS) is 19.9. The molecule has 21 heavy (non-hydrogen) atoms. The molecule has 0 spiro atoms. The Hall–Kier alpha value is -1.60. The molecule has 2 rings (SSSR count). The molecule has 0 aliphatic heterocycles. The van der Waals surface area contributed by atoms with E-state index in [1.54, 1.807) is 6.07 Å². The Bertz CT molecular complexity index is 516. The summed E-state index contributed by atoms with van der Waals surface area (Å²) in [5.41, 5.74) is -0.350. The van der Waals surface area contributed by atoms with Crippen LogP contribution in [0.3, 0.4) is 0 Å². The molecule has 1 unspecified atom stereocenters. The van der Waals surface area contributed by atoms with Crippen molar-refractivity contribution in [1.29, 1.82) is 5.26 Å². The fourth-order valence-electron chi connectivity index (χ4n) is 3.15. The van der Waals surface area contributed by atoms with Gasteiger partial charge in [-0.3, -0.25) is 0 Å². The van der Waals surface area contributed by atoms with E-state index >= 15 is 0 Å². The highest BCUT2D eigenvalue weighted by Crippen LogP contribution is 2.44. The number of nitriles is 1. The van der Waals surface area contributed by atoms with Crippen molar-refractivity contribution < 1.29 is 14.2 Å². The van der Waals surface area contributed by atoms with Gasteiger partial charge in [-0.05, 0) is 30.5 Å². The molecule has 1 atom stereocenters. The van der Waals surface area contributed by atoms with E-state index in [4.69, 9.17) is 4.74 Å². The maximum atomic E-state index is 13.8. The number of hydrogen-bond acceptors (Lipinski definition) is 3. The molecule has 1 aromatic rings. The maximum absolute atomic E-state index is 13.8. The van der Waals surface area contributed by atoms with Crippen LogP contribution in [0.1, 0.15) is 56.6 Å². The van der Waals surface area contributed by atoms with Crippen molar-refractivity contribution in [2.75, 3.05) is 7.11 Å². The number of aliphatic hydroxyl groups excluding tert-OH is 1. The first-order valence-corrected chi connectivity index (χ1v) is 7.56. The van der Waals surface area contributed by atoms with Gasteiger partial charge in [0.05, 0.1) is 24.7 Å². The van der Waals surface area contributed by atoms with Gasteiger partial charge in [-0.1, -0.05) is 38.2 Å². The number of hydrogen-bond donors (Lipinski definition) is 1. The SMILES string of the molecule is COc1ccc(C(O)C2(C#N)CCCCCCC2)cc1F. The molecule has 1 aliphatic rings. The quantitative estimate of drug-likeness (QED) is 0.911. The summed E-state index contributed by atoms with van der Waals surface area (Å²) in [6.07, 6.45) is 5.61. The summed E-state index contributed by atoms with van der Waals surface area (Å²) in [6.45, 7) is 0. The Morgan fingerprint density at radius 1 is 1.24 bits per heavy atom. The lowest BCUT2D eigenvalue weighted by molar-refractivity contribution is 0.0432. The van der Waals surface area contributed by atoms with Gasteiger partial charge in [0.25, 0.3) is 0 Å². The van der Waals surface area contributed by atoms with Crippen molar-refractivity contribution in [3.8, 4) is 11.8 Å². The van der Waals surface area contributed by atoms with Crippen molar-refractivity contribution in [3.05, 3.63) is 29.6 Å². The molecular formula is C17H22FNO2. The molecule has 0 radical (unpaired) electrons. The lowest BCUT2D eigenvalue weighted by Gasteiger charge is -2.33. The van der Waals surface area contributed by atoms with Crippen molar-refractivity contribution in [2.24, 2.45) is 5.41 Å². The van der Waals surface area contributed by atoms with Gasteiger partial charge < -0.3 is 9.84 Å². The van der Waals surface area contributed by atoms with E-state index in [1.165, 1.54) is 25.7 Å². The predicted molar refractivity (Wildman–Crippen MR) is 78.3 cm³/mol. The fraction of sp³-hybridized carbons (Fsp3) is 0.588. The smallest absolute Gasteiger partial charge is 0.165 e. The van der Waals surface area contributed by atoms with E-state index < -0.39 is 17.3 Å². The van der Waals surface area contributed by atoms with E-state index in [9.17, 15) is 14.8 Å². The van der Waals surface area contributed by atoms with Crippen LogP contribution >= 0.6 is 0 Å². The standard InChI is InChI=1S/C17H22FNO2/c1-21-15-8-7-13(11-14(15)18)16(20)17(12-19)9-5-3-2-4-6-10-17/h7-8,11,16,20H,2-6,9-10H2,1H3. The van der Waals surface area contributed by atoms with E-state index in [0.29, 0.717) is 18.4 Å². The van der Waals surface area contributed by atoms with Crippen molar-refractivity contribution >= 4 is 0 Å². The van der Waals surface area contributed by atoms with Gasteiger partial charge in [-0.2, -0.15) is 5.26 Å². The lowest BCUT2D eigenvalue weighted by Crippen LogP contribution is -2.28. The Labute approximate surface area is 125 Å². The monoisotopic (exact) mass is 291 g/mol. The third-order valence-electron chi connectivity index (χ3n) is 4.48. The molecule has 0 bridgehead atoms. The Kier molecular flexibility index (Phi) is 5.19. The molecule has 0 saturated heterocycles. The number of methoxy groups -OCH3 is 1. The Balaban J connectivity index is 2.28. The van der Waals surface area contributed by atoms with Crippen LogP contribution in [0, 0.1) is 22.6 Å². The first-order chi connectivity index (χ1) is 10.1. The topological polar surface area (TPSA) is 53.2 Å². The number of rotatable bonds is 3. The zero-order valence-corrected chi connectivity index (χ0v) is 12.4. The highest BCUT2D eigenvalue weighted by Gasteiger charge is 2.39. The molecule has 4 heteroatoms. The van der Waals surface area contributed by atoms with Gasteiger partial charge in [0, 0.05) is 0 Å². The summed E-state index contributed by atoms with van der Waals surface area (Å²) in [4.78, 5) is 0. The van der Waals surface area contributed by atoms with Crippen molar-refractivity contribution in [2.45, 2.75) is 51.0 Å². The second-order valence-corrected chi connectivity index (χ2v) is 5.83. The zero-order chi connectivity index (χ0) is 15.3. The second-order valence-electron chi connectivity index (χ2n) is 5.83. The van der Waals surface area contributed by atoms with Gasteiger partial charge >= 0.3 is 0 Å². The molecule has 1 aliphatic carbocycles. The van der Waals surface area contributed by atoms with Crippen LogP contribution in [0.5, 0.6) is 5.75 Å². The number of halogens is 1. The van der Waals surface area contributed by atoms with Crippen LogP contribution in [-0.2, 0) is 0 Å². The summed E-state index contributed by atoms with van der Waals surface area (Å²) in [6, 6.07) is 6.75. The molecule has 0 heterocycles. The molecule has 0 amide bonds. The summed E-state index contributed by atoms with van der Waals surface area (Å²) in [7, 11) is 1.40. The molecular weight excluding hydrogens is 269 g/mol. The molecule has 1 fully saturated rings. The van der Waals surface area contributed by atoms with Crippen LogP contribution < -0.4 is 4.74 Å². The van der Waals surface area contributed by atoms with Crippen LogP contribution in [0.15, 0.2) is 18.2 Å². The minimum absolute atomic E-state index is 0.148. The van der Waals surface area contributed by atoms with Crippen LogP contribution in [-0.4, -0.2) is 12.2 Å². The van der Waals surface area contributed by atoms with Gasteiger partial charge in [-0.25, -0.2) is 4.39 Å². The average Bonchev–Trinajstić information content (AvgIpc) is 2.47. The predicted octanol–water partition coefficient (Wildman–Crippen LogP) is 4.12. The second kappa shape index (κ2) is 6.91. The van der Waals surface area contributed by atoms with Gasteiger partial charge in [0.2, 0.25) is 0 Å². The van der Waals surface area contributed by atoms with Crippen LogP contribution in [0.25, 0.3) is 0 Å². The van der Waals surface area contributed by atoms with Gasteiger partial charge in [-0.15, -0.1) is 0 Å². The Morgan fingerprint density at radius 2 is 1.86 bits per heavy atom. The average molecular weight is 291 g/mol. The number of benzene rings is 1. The van der Waals surface area contributed by atoms with E-state index in [-0.39, 0.29) is 5.75 Å². The highest BCUT2D eigenvalue weighted by molar-refractivity contribution is 5.32. The zero-order valence-electron chi connectivity index (χ0n) is 12.4. The van der Waals surface area contributed by atoms with Gasteiger partial charge in [0.1, 0.15) is 0 Å². The molecule has 3 nitrogen and oxygen atoms in total. The highest BCUT2D eigenvalue weighted by atomic mass is 19.1. The number of nitrogens with zero attached hydrogens (tertiary/aromatic N) is 1. The summed E-state index contributed by atoms with van der Waals surface area (Å²) < 4.78 is 18.7. The summed E-state index contributed by atoms with van der Waals surface area (Å²) in [5.74, 6) is -0.359. The largest absolute Gasteiger partial charge is 0.494 e. The molecule has 1 saturated carbocycles. The molecule has 1 N–H and O–H groups in total. The lowest BCUT2D eigenvalue weighted by atomic mass is 9.71. The summed E-state index contributed by atoms with van der Waals surface area (Å²) in [5, 5.41) is 20.3. The number of ether oxygens (including phenoxy) is 1. The van der Waals surface area contributed by atoms with Crippen molar-refractivity contribution in [3.63, 3.8) is 0 Å². The third kappa shape index (κ3) is 3.36. The number of aliphatic hydroxyl groups is 1. The molecule has 0 aromatic heterocycles. The first-order valence-electron chi connectivity index (χ1n) is 7.56. The third-order valence-corrected chi connectivity index (χ3v) is 4.48. The molecule has 114 valence electrons. The minimum atomic E-state index is -0.957. The Morgan fingerprint density at radius 3 is 2.38 bits per heavy atom. The van der Waals surface area contributed by atoms with E-state index in [2.05, 4.69) is 6.07 Å². The van der Waals surface area contributed by atoms with Crippen LogP contribution in [0.4, 0.5) is 4.39 Å². The van der Waals surface area contributed by atoms with E-state index in [1.807, 2.05) is 0 Å². The van der Waals surface area contributed by atoms with Crippen LogP contribution in [0.2, 0.25) is 0 Å². The first kappa shape index (κ1) is 15.8. The van der Waals surface area contributed by atoms with Crippen molar-refractivity contribution in [1.82, 2.24) is 0 Å².